The Bertz CT molecular complexity index is 1110. The molecule has 2 heterocycles. The molecule has 2 aromatic heterocycles. The second-order valence-corrected chi connectivity index (χ2v) is 5.62. The summed E-state index contributed by atoms with van der Waals surface area (Å²) in [6.07, 6.45) is 4.34. The van der Waals surface area contributed by atoms with E-state index in [-0.39, 0.29) is 17.7 Å². The Morgan fingerprint density at radius 2 is 1.67 bits per heavy atom. The Kier molecular flexibility index (Phi) is 4.40. The number of rotatable bonds is 4. The van der Waals surface area contributed by atoms with Crippen molar-refractivity contribution in [3.63, 3.8) is 0 Å². The zero-order valence-electron chi connectivity index (χ0n) is 14.0. The van der Waals surface area contributed by atoms with Crippen LogP contribution in [0.25, 0.3) is 10.8 Å². The summed E-state index contributed by atoms with van der Waals surface area (Å²) in [4.78, 5) is 24.7. The average molecular weight is 360 g/mol. The highest BCUT2D eigenvalue weighted by atomic mass is 19.1. The Labute approximate surface area is 153 Å². The quantitative estimate of drug-likeness (QED) is 0.590. The van der Waals surface area contributed by atoms with Gasteiger partial charge in [0.1, 0.15) is 5.69 Å². The second kappa shape index (κ2) is 7.17. The Balaban J connectivity index is 1.51. The fourth-order valence-corrected chi connectivity index (χ4v) is 2.55. The largest absolute Gasteiger partial charge is 0.421 e. The molecular formula is C20H13FN4O2. The molecule has 0 spiro atoms. The van der Waals surface area contributed by atoms with Crippen molar-refractivity contribution in [1.29, 1.82) is 0 Å². The minimum absolute atomic E-state index is 0.0224. The van der Waals surface area contributed by atoms with Gasteiger partial charge in [-0.25, -0.2) is 14.4 Å². The predicted molar refractivity (Wildman–Crippen MR) is 98.2 cm³/mol. The molecule has 0 bridgehead atoms. The second-order valence-electron chi connectivity index (χ2n) is 5.62. The minimum atomic E-state index is -0.513. The highest BCUT2D eigenvalue weighted by Gasteiger charge is 2.12. The Morgan fingerprint density at radius 1 is 0.926 bits per heavy atom. The number of ether oxygens (including phenoxy) is 1. The number of carbonyl (C=O) groups is 1. The molecule has 7 heteroatoms. The first-order valence-electron chi connectivity index (χ1n) is 8.10. The molecule has 6 nitrogen and oxygen atoms in total. The van der Waals surface area contributed by atoms with Crippen molar-refractivity contribution in [3.8, 4) is 11.8 Å². The predicted octanol–water partition coefficient (Wildman–Crippen LogP) is 4.21. The molecule has 0 radical (unpaired) electrons. The monoisotopic (exact) mass is 360 g/mol. The highest BCUT2D eigenvalue weighted by molar-refractivity contribution is 6.11. The molecule has 0 fully saturated rings. The summed E-state index contributed by atoms with van der Waals surface area (Å²) in [5.74, 6) is -0.868. The summed E-state index contributed by atoms with van der Waals surface area (Å²) in [5.41, 5.74) is 0.676. The van der Waals surface area contributed by atoms with Crippen LogP contribution in [0.5, 0.6) is 11.8 Å². The van der Waals surface area contributed by atoms with Gasteiger partial charge in [0.15, 0.2) is 11.6 Å². The lowest BCUT2D eigenvalue weighted by Gasteiger charge is -2.08. The SMILES string of the molecule is O=C(Nc1cnc(Oc2ccccc2F)nc1)c1nccc2ccccc12. The fraction of sp³-hybridized carbons (Fsp3) is 0. The summed E-state index contributed by atoms with van der Waals surface area (Å²) < 4.78 is 18.9. The van der Waals surface area contributed by atoms with Gasteiger partial charge in [0.2, 0.25) is 0 Å². The van der Waals surface area contributed by atoms with Gasteiger partial charge >= 0.3 is 6.01 Å². The number of benzene rings is 2. The summed E-state index contributed by atoms with van der Waals surface area (Å²) >= 11 is 0. The van der Waals surface area contributed by atoms with Crippen LogP contribution in [0, 0.1) is 5.82 Å². The van der Waals surface area contributed by atoms with Gasteiger partial charge in [-0.3, -0.25) is 9.78 Å². The lowest BCUT2D eigenvalue weighted by Crippen LogP contribution is -2.14. The third-order valence-corrected chi connectivity index (χ3v) is 3.81. The number of para-hydroxylation sites is 1. The molecule has 27 heavy (non-hydrogen) atoms. The molecule has 132 valence electrons. The number of nitrogens with zero attached hydrogens (tertiary/aromatic N) is 3. The summed E-state index contributed by atoms with van der Waals surface area (Å²) in [7, 11) is 0. The van der Waals surface area contributed by atoms with Gasteiger partial charge in [0.25, 0.3) is 5.91 Å². The molecule has 0 saturated heterocycles. The van der Waals surface area contributed by atoms with Gasteiger partial charge in [0.05, 0.1) is 18.1 Å². The molecule has 1 amide bonds. The number of hydrogen-bond donors (Lipinski definition) is 1. The first-order chi connectivity index (χ1) is 13.2. The number of amides is 1. The van der Waals surface area contributed by atoms with E-state index in [4.69, 9.17) is 4.74 Å². The lowest BCUT2D eigenvalue weighted by molar-refractivity contribution is 0.102. The molecular weight excluding hydrogens is 347 g/mol. The average Bonchev–Trinajstić information content (AvgIpc) is 2.70. The van der Waals surface area contributed by atoms with E-state index < -0.39 is 5.82 Å². The molecule has 0 unspecified atom stereocenters. The van der Waals surface area contributed by atoms with E-state index in [2.05, 4.69) is 20.3 Å². The zero-order chi connectivity index (χ0) is 18.6. The maximum absolute atomic E-state index is 13.6. The van der Waals surface area contributed by atoms with E-state index in [9.17, 15) is 9.18 Å². The Hall–Kier alpha value is -3.87. The third-order valence-electron chi connectivity index (χ3n) is 3.81. The van der Waals surface area contributed by atoms with Crippen LogP contribution in [0.2, 0.25) is 0 Å². The molecule has 0 aliphatic heterocycles. The standard InChI is InChI=1S/C20H13FN4O2/c21-16-7-3-4-8-17(16)27-20-23-11-14(12-24-20)25-19(26)18-15-6-2-1-5-13(15)9-10-22-18/h1-12H,(H,25,26). The van der Waals surface area contributed by atoms with Crippen molar-refractivity contribution in [2.24, 2.45) is 0 Å². The van der Waals surface area contributed by atoms with Crippen LogP contribution in [0.1, 0.15) is 10.5 Å². The number of anilines is 1. The minimum Gasteiger partial charge on any atom is -0.421 e. The van der Waals surface area contributed by atoms with E-state index >= 15 is 0 Å². The van der Waals surface area contributed by atoms with Gasteiger partial charge in [-0.2, -0.15) is 0 Å². The molecule has 4 aromatic rings. The van der Waals surface area contributed by atoms with Gasteiger partial charge in [-0.15, -0.1) is 0 Å². The van der Waals surface area contributed by atoms with Crippen LogP contribution in [0.4, 0.5) is 10.1 Å². The zero-order valence-corrected chi connectivity index (χ0v) is 14.0. The van der Waals surface area contributed by atoms with E-state index in [1.165, 1.54) is 24.5 Å². The topological polar surface area (TPSA) is 77.0 Å². The molecule has 0 atom stereocenters. The Morgan fingerprint density at radius 3 is 2.48 bits per heavy atom. The van der Waals surface area contributed by atoms with Crippen molar-refractivity contribution in [2.75, 3.05) is 5.32 Å². The van der Waals surface area contributed by atoms with Gasteiger partial charge < -0.3 is 10.1 Å². The van der Waals surface area contributed by atoms with Crippen molar-refractivity contribution >= 4 is 22.4 Å². The number of carbonyl (C=O) groups excluding carboxylic acids is 1. The van der Waals surface area contributed by atoms with Crippen LogP contribution in [0.3, 0.4) is 0 Å². The van der Waals surface area contributed by atoms with Crippen LogP contribution in [-0.2, 0) is 0 Å². The van der Waals surface area contributed by atoms with E-state index in [1.807, 2.05) is 30.3 Å². The summed E-state index contributed by atoms with van der Waals surface area (Å²) in [5, 5.41) is 4.36. The smallest absolute Gasteiger partial charge is 0.322 e. The first kappa shape index (κ1) is 16.6. The van der Waals surface area contributed by atoms with Gasteiger partial charge in [0, 0.05) is 11.6 Å². The number of aromatic nitrogens is 3. The van der Waals surface area contributed by atoms with Crippen molar-refractivity contribution < 1.29 is 13.9 Å². The van der Waals surface area contributed by atoms with Crippen LogP contribution >= 0.6 is 0 Å². The first-order valence-corrected chi connectivity index (χ1v) is 8.10. The van der Waals surface area contributed by atoms with E-state index in [1.54, 1.807) is 18.3 Å². The van der Waals surface area contributed by atoms with Crippen molar-refractivity contribution in [1.82, 2.24) is 15.0 Å². The summed E-state index contributed by atoms with van der Waals surface area (Å²) in [6, 6.07) is 15.2. The maximum Gasteiger partial charge on any atom is 0.322 e. The van der Waals surface area contributed by atoms with Crippen molar-refractivity contribution in [3.05, 3.63) is 84.7 Å². The fourth-order valence-electron chi connectivity index (χ4n) is 2.55. The van der Waals surface area contributed by atoms with Gasteiger partial charge in [-0.1, -0.05) is 36.4 Å². The molecule has 4 rings (SSSR count). The number of fused-ring (bicyclic) bond motifs is 1. The highest BCUT2D eigenvalue weighted by Crippen LogP contribution is 2.22. The third kappa shape index (κ3) is 3.57. The number of pyridine rings is 1. The molecule has 1 N–H and O–H groups in total. The molecule has 0 saturated carbocycles. The molecule has 0 aliphatic rings. The van der Waals surface area contributed by atoms with E-state index in [0.29, 0.717) is 11.4 Å². The summed E-state index contributed by atoms with van der Waals surface area (Å²) in [6.45, 7) is 0. The van der Waals surface area contributed by atoms with Crippen LogP contribution in [0.15, 0.2) is 73.2 Å². The van der Waals surface area contributed by atoms with Crippen molar-refractivity contribution in [2.45, 2.75) is 0 Å². The molecule has 0 aliphatic carbocycles. The maximum atomic E-state index is 13.6. The number of nitrogens with one attached hydrogen (secondary N) is 1. The van der Waals surface area contributed by atoms with Crippen LogP contribution in [-0.4, -0.2) is 20.9 Å². The normalized spacial score (nSPS) is 10.6. The van der Waals surface area contributed by atoms with E-state index in [0.717, 1.165) is 10.8 Å². The van der Waals surface area contributed by atoms with Crippen LogP contribution < -0.4 is 10.1 Å². The van der Waals surface area contributed by atoms with Gasteiger partial charge in [-0.05, 0) is 23.6 Å². The molecule has 2 aromatic carbocycles. The number of halogens is 1. The number of hydrogen-bond acceptors (Lipinski definition) is 5. The lowest BCUT2D eigenvalue weighted by atomic mass is 10.1.